The van der Waals surface area contributed by atoms with Crippen molar-refractivity contribution in [1.29, 1.82) is 0 Å². The summed E-state index contributed by atoms with van der Waals surface area (Å²) >= 11 is 1.33. The van der Waals surface area contributed by atoms with Crippen molar-refractivity contribution in [2.45, 2.75) is 57.5 Å². The van der Waals surface area contributed by atoms with Gasteiger partial charge in [0, 0.05) is 49.7 Å². The molecule has 0 saturated carbocycles. The van der Waals surface area contributed by atoms with Gasteiger partial charge in [-0.15, -0.1) is 11.3 Å². The zero-order valence-electron chi connectivity index (χ0n) is 22.2. The number of amides is 4. The number of hydrogen-bond acceptors (Lipinski definition) is 7. The highest BCUT2D eigenvalue weighted by Crippen LogP contribution is 2.38. The van der Waals surface area contributed by atoms with Crippen LogP contribution in [0.4, 0.5) is 9.80 Å². The van der Waals surface area contributed by atoms with Crippen LogP contribution in [-0.4, -0.2) is 68.2 Å². The second-order valence-corrected chi connectivity index (χ2v) is 13.2. The number of urea groups is 1. The zero-order chi connectivity index (χ0) is 27.6. The van der Waals surface area contributed by atoms with Crippen molar-refractivity contribution in [3.8, 4) is 0 Å². The molecule has 0 atom stereocenters. The number of hydrogen-bond donors (Lipinski definition) is 3. The Bertz CT molecular complexity index is 1310. The topological polar surface area (TPSA) is 128 Å². The van der Waals surface area contributed by atoms with Gasteiger partial charge in [-0.1, -0.05) is 6.92 Å². The van der Waals surface area contributed by atoms with Crippen LogP contribution < -0.4 is 16.0 Å². The van der Waals surface area contributed by atoms with Gasteiger partial charge in [0.15, 0.2) is 0 Å². The van der Waals surface area contributed by atoms with E-state index < -0.39 is 27.9 Å². The maximum absolute atomic E-state index is 13.2. The summed E-state index contributed by atoms with van der Waals surface area (Å²) in [4.78, 5) is 41.4. The van der Waals surface area contributed by atoms with Gasteiger partial charge in [-0.05, 0) is 68.9 Å². The number of piperidine rings is 1. The van der Waals surface area contributed by atoms with Gasteiger partial charge in [0.05, 0.1) is 10.5 Å². The highest BCUT2D eigenvalue weighted by atomic mass is 32.2. The van der Waals surface area contributed by atoms with Crippen LogP contribution in [-0.2, 0) is 23.0 Å². The second-order valence-electron chi connectivity index (χ2n) is 10.1. The van der Waals surface area contributed by atoms with Crippen molar-refractivity contribution in [3.63, 3.8) is 0 Å². The third-order valence-corrected chi connectivity index (χ3v) is 10.3. The molecule has 0 aliphatic carbocycles. The van der Waals surface area contributed by atoms with Crippen LogP contribution >= 0.6 is 11.3 Å². The number of carbonyl (C=O) groups is 3. The summed E-state index contributed by atoms with van der Waals surface area (Å²) < 4.78 is 27.6. The number of benzene rings is 1. The van der Waals surface area contributed by atoms with Gasteiger partial charge >= 0.3 is 6.03 Å². The Morgan fingerprint density at radius 3 is 2.29 bits per heavy atom. The number of anilines is 1. The summed E-state index contributed by atoms with van der Waals surface area (Å²) in [5.41, 5.74) is 1.40. The Balaban J connectivity index is 1.56. The van der Waals surface area contributed by atoms with Crippen LogP contribution in [0.2, 0.25) is 0 Å². The van der Waals surface area contributed by atoms with E-state index in [1.165, 1.54) is 47.0 Å². The first-order valence-electron chi connectivity index (χ1n) is 12.8. The fraction of sp³-hybridized carbons (Fsp3) is 0.500. The van der Waals surface area contributed by atoms with Gasteiger partial charge in [-0.25, -0.2) is 13.2 Å². The Hall–Kier alpha value is -2.80. The molecule has 2 aliphatic rings. The van der Waals surface area contributed by atoms with Gasteiger partial charge in [-0.2, -0.15) is 4.31 Å². The van der Waals surface area contributed by atoms with Crippen LogP contribution in [0.15, 0.2) is 29.2 Å². The number of thiophene rings is 1. The smallest absolute Gasteiger partial charge is 0.321 e. The molecule has 2 aliphatic heterocycles. The summed E-state index contributed by atoms with van der Waals surface area (Å²) in [6, 6.07) is 5.55. The first-order chi connectivity index (χ1) is 18.0. The molecule has 0 radical (unpaired) electrons. The standard InChI is InChI=1S/C26H35N5O5S2/c1-16(2)30-12-11-20-21(15-30)37-25(22(20)24(33)29-26(34)27-4)28-23(32)18-5-7-19(8-6-18)38(35,36)31-13-9-17(3)10-14-31/h5-8,16-17H,9-15H2,1-4H3,(H,28,32)(H2,27,29,33,34). The Kier molecular flexibility index (Phi) is 8.55. The largest absolute Gasteiger partial charge is 0.341 e. The van der Waals surface area contributed by atoms with E-state index >= 15 is 0 Å². The Labute approximate surface area is 227 Å². The Morgan fingerprint density at radius 1 is 1.03 bits per heavy atom. The van der Waals surface area contributed by atoms with E-state index in [9.17, 15) is 22.8 Å². The number of fused-ring (bicyclic) bond motifs is 1. The summed E-state index contributed by atoms with van der Waals surface area (Å²) in [7, 11) is -2.20. The van der Waals surface area contributed by atoms with Crippen LogP contribution in [0.1, 0.15) is 64.8 Å². The molecule has 0 spiro atoms. The highest BCUT2D eigenvalue weighted by molar-refractivity contribution is 7.89. The molecule has 3 N–H and O–H groups in total. The predicted octanol–water partition coefficient (Wildman–Crippen LogP) is 3.26. The average Bonchev–Trinajstić information content (AvgIpc) is 3.25. The lowest BCUT2D eigenvalue weighted by molar-refractivity contribution is 0.0963. The third kappa shape index (κ3) is 5.93. The monoisotopic (exact) mass is 561 g/mol. The summed E-state index contributed by atoms with van der Waals surface area (Å²) in [5, 5.41) is 7.88. The predicted molar refractivity (Wildman–Crippen MR) is 147 cm³/mol. The van der Waals surface area contributed by atoms with E-state index in [0.29, 0.717) is 48.6 Å². The summed E-state index contributed by atoms with van der Waals surface area (Å²) in [6.07, 6.45) is 2.28. The molecule has 2 aromatic rings. The van der Waals surface area contributed by atoms with Crippen molar-refractivity contribution in [2.24, 2.45) is 5.92 Å². The normalized spacial score (nSPS) is 17.2. The summed E-state index contributed by atoms with van der Waals surface area (Å²) in [5.74, 6) is -0.534. The number of nitrogens with one attached hydrogen (secondary N) is 3. The Morgan fingerprint density at radius 2 is 1.68 bits per heavy atom. The maximum Gasteiger partial charge on any atom is 0.321 e. The van der Waals surface area contributed by atoms with E-state index in [4.69, 9.17) is 0 Å². The molecule has 38 heavy (non-hydrogen) atoms. The van der Waals surface area contributed by atoms with Crippen molar-refractivity contribution in [2.75, 3.05) is 32.0 Å². The molecule has 1 aromatic carbocycles. The van der Waals surface area contributed by atoms with Gasteiger partial charge < -0.3 is 10.6 Å². The van der Waals surface area contributed by atoms with E-state index in [1.807, 2.05) is 0 Å². The molecule has 3 heterocycles. The molecule has 1 saturated heterocycles. The molecular weight excluding hydrogens is 526 g/mol. The quantitative estimate of drug-likeness (QED) is 0.497. The SMILES string of the molecule is CNC(=O)NC(=O)c1c(NC(=O)c2ccc(S(=O)(=O)N3CCC(C)CC3)cc2)sc2c1CCN(C(C)C)C2. The van der Waals surface area contributed by atoms with Gasteiger partial charge in [0.25, 0.3) is 11.8 Å². The number of sulfonamides is 1. The van der Waals surface area contributed by atoms with Crippen LogP contribution in [0.3, 0.4) is 0 Å². The number of rotatable bonds is 6. The average molecular weight is 562 g/mol. The minimum absolute atomic E-state index is 0.148. The van der Waals surface area contributed by atoms with Crippen LogP contribution in [0.5, 0.6) is 0 Å². The lowest BCUT2D eigenvalue weighted by Gasteiger charge is -2.30. The highest BCUT2D eigenvalue weighted by Gasteiger charge is 2.31. The molecule has 206 valence electrons. The van der Waals surface area contributed by atoms with E-state index in [0.717, 1.165) is 29.8 Å². The van der Waals surface area contributed by atoms with E-state index in [-0.39, 0.29) is 10.5 Å². The molecule has 12 heteroatoms. The van der Waals surface area contributed by atoms with E-state index in [2.05, 4.69) is 41.6 Å². The summed E-state index contributed by atoms with van der Waals surface area (Å²) in [6.45, 7) is 8.73. The van der Waals surface area contributed by atoms with Gasteiger partial charge in [0.2, 0.25) is 10.0 Å². The number of carbonyl (C=O) groups excluding carboxylic acids is 3. The molecule has 0 unspecified atom stereocenters. The molecule has 1 fully saturated rings. The second kappa shape index (κ2) is 11.5. The lowest BCUT2D eigenvalue weighted by atomic mass is 10.0. The van der Waals surface area contributed by atoms with Crippen molar-refractivity contribution in [3.05, 3.63) is 45.8 Å². The minimum atomic E-state index is -3.63. The third-order valence-electron chi connectivity index (χ3n) is 7.22. The van der Waals surface area contributed by atoms with Gasteiger partial charge in [0.1, 0.15) is 5.00 Å². The molecular formula is C26H35N5O5S2. The fourth-order valence-corrected chi connectivity index (χ4v) is 7.48. The number of imide groups is 1. The van der Waals surface area contributed by atoms with Crippen molar-refractivity contribution < 1.29 is 22.8 Å². The molecule has 1 aromatic heterocycles. The first kappa shape index (κ1) is 28.2. The zero-order valence-corrected chi connectivity index (χ0v) is 23.8. The van der Waals surface area contributed by atoms with E-state index in [1.54, 1.807) is 0 Å². The molecule has 10 nitrogen and oxygen atoms in total. The van der Waals surface area contributed by atoms with Crippen LogP contribution in [0.25, 0.3) is 0 Å². The maximum atomic E-state index is 13.2. The molecule has 0 bridgehead atoms. The van der Waals surface area contributed by atoms with Crippen molar-refractivity contribution in [1.82, 2.24) is 19.8 Å². The fourth-order valence-electron chi connectivity index (χ4n) is 4.75. The van der Waals surface area contributed by atoms with Crippen molar-refractivity contribution >= 4 is 44.2 Å². The molecule has 4 amide bonds. The van der Waals surface area contributed by atoms with Gasteiger partial charge in [-0.3, -0.25) is 19.8 Å². The molecule has 4 rings (SSSR count). The minimum Gasteiger partial charge on any atom is -0.341 e. The number of nitrogens with zero attached hydrogens (tertiary/aromatic N) is 2. The lowest BCUT2D eigenvalue weighted by Crippen LogP contribution is -2.39. The van der Waals surface area contributed by atoms with Crippen LogP contribution in [0, 0.1) is 5.92 Å². The first-order valence-corrected chi connectivity index (χ1v) is 15.1.